The van der Waals surface area contributed by atoms with Gasteiger partial charge in [0.05, 0.1) is 0 Å². The van der Waals surface area contributed by atoms with E-state index in [1.54, 1.807) is 0 Å². The molecule has 0 atom stereocenters. The van der Waals surface area contributed by atoms with Crippen LogP contribution >= 0.6 is 0 Å². The lowest BCUT2D eigenvalue weighted by atomic mass is 9.39. The van der Waals surface area contributed by atoms with Crippen LogP contribution in [-0.2, 0) is 4.74 Å². The van der Waals surface area contributed by atoms with Crippen LogP contribution in [0.1, 0.15) is 79.1 Å². The van der Waals surface area contributed by atoms with Crippen LogP contribution in [0.3, 0.4) is 0 Å². The predicted octanol–water partition coefficient (Wildman–Crippen LogP) is 4.65. The first-order valence-corrected chi connectivity index (χ1v) is 8.67. The predicted molar refractivity (Wildman–Crippen MR) is 84.1 cm³/mol. The van der Waals surface area contributed by atoms with Crippen molar-refractivity contribution in [2.24, 2.45) is 16.2 Å². The van der Waals surface area contributed by atoms with Crippen LogP contribution in [0.5, 0.6) is 0 Å². The van der Waals surface area contributed by atoms with E-state index in [4.69, 9.17) is 4.74 Å². The summed E-state index contributed by atoms with van der Waals surface area (Å²) in [7, 11) is 0. The normalized spacial score (nSPS) is 47.4. The molecule has 0 aromatic rings. The van der Waals surface area contributed by atoms with Crippen LogP contribution < -0.4 is 5.32 Å². The van der Waals surface area contributed by atoms with Crippen LogP contribution in [0.2, 0.25) is 0 Å². The third kappa shape index (κ3) is 2.80. The van der Waals surface area contributed by atoms with Gasteiger partial charge in [0.2, 0.25) is 0 Å². The summed E-state index contributed by atoms with van der Waals surface area (Å²) in [6.07, 6.45) is 9.02. The Labute approximate surface area is 129 Å². The molecule has 0 aliphatic heterocycles. The van der Waals surface area contributed by atoms with E-state index < -0.39 is 0 Å². The first kappa shape index (κ1) is 15.2. The van der Waals surface area contributed by atoms with E-state index in [9.17, 15) is 4.79 Å². The number of hydrogen-bond acceptors (Lipinski definition) is 2. The highest BCUT2D eigenvalue weighted by molar-refractivity contribution is 5.67. The van der Waals surface area contributed by atoms with Gasteiger partial charge in [-0.15, -0.1) is 0 Å². The molecule has 4 aliphatic rings. The lowest BCUT2D eigenvalue weighted by Crippen LogP contribution is -2.63. The van der Waals surface area contributed by atoms with E-state index in [2.05, 4.69) is 33.0 Å². The average Bonchev–Trinajstić information content (AvgIpc) is 2.21. The Kier molecular flexibility index (Phi) is 3.35. The van der Waals surface area contributed by atoms with Crippen LogP contribution in [0, 0.1) is 16.2 Å². The summed E-state index contributed by atoms with van der Waals surface area (Å²) < 4.78 is 6.04. The summed E-state index contributed by atoms with van der Waals surface area (Å²) in [4.78, 5) is 12.2. The lowest BCUT2D eigenvalue weighted by molar-refractivity contribution is -0.218. The van der Waals surface area contributed by atoms with Gasteiger partial charge in [-0.05, 0) is 61.2 Å². The molecule has 0 spiro atoms. The van der Waals surface area contributed by atoms with Crippen molar-refractivity contribution in [3.8, 4) is 0 Å². The summed E-state index contributed by atoms with van der Waals surface area (Å²) in [5.74, 6) is 0. The van der Waals surface area contributed by atoms with Gasteiger partial charge in [-0.2, -0.15) is 0 Å². The van der Waals surface area contributed by atoms with Gasteiger partial charge in [-0.25, -0.2) is 4.79 Å². The van der Waals surface area contributed by atoms with Crippen LogP contribution in [0.4, 0.5) is 4.79 Å². The van der Waals surface area contributed by atoms with Gasteiger partial charge in [0.1, 0.15) is 5.60 Å². The fourth-order valence-corrected chi connectivity index (χ4v) is 6.88. The Morgan fingerprint density at radius 1 is 0.952 bits per heavy atom. The largest absolute Gasteiger partial charge is 0.443 e. The van der Waals surface area contributed by atoms with Crippen molar-refractivity contribution in [1.82, 2.24) is 5.32 Å². The Morgan fingerprint density at radius 3 is 1.86 bits per heavy atom. The first-order chi connectivity index (χ1) is 9.70. The number of rotatable bonds is 4. The second-order valence-corrected chi connectivity index (χ2v) is 9.35. The van der Waals surface area contributed by atoms with Crippen molar-refractivity contribution in [3.05, 3.63) is 0 Å². The Balaban J connectivity index is 1.74. The fraction of sp³-hybridized carbons (Fsp3) is 0.944. The molecule has 0 saturated heterocycles. The third-order valence-corrected chi connectivity index (χ3v) is 5.92. The van der Waals surface area contributed by atoms with E-state index >= 15 is 0 Å². The minimum atomic E-state index is -0.205. The molecule has 3 nitrogen and oxygen atoms in total. The molecule has 1 N–H and O–H groups in total. The molecule has 0 radical (unpaired) electrons. The summed E-state index contributed by atoms with van der Waals surface area (Å²) in [5, 5.41) is 2.93. The quantitative estimate of drug-likeness (QED) is 0.766. The van der Waals surface area contributed by atoms with Gasteiger partial charge in [0.25, 0.3) is 0 Å². The maximum atomic E-state index is 12.2. The van der Waals surface area contributed by atoms with Gasteiger partial charge in [-0.3, -0.25) is 0 Å². The zero-order chi connectivity index (χ0) is 15.4. The fourth-order valence-electron chi connectivity index (χ4n) is 6.88. The third-order valence-electron chi connectivity index (χ3n) is 5.92. The summed E-state index contributed by atoms with van der Waals surface area (Å²) in [5.41, 5.74) is 0.884. The van der Waals surface area contributed by atoms with Gasteiger partial charge in [0.15, 0.2) is 0 Å². The molecular formula is C18H31NO2. The maximum Gasteiger partial charge on any atom is 0.407 e. The van der Waals surface area contributed by atoms with Crippen molar-refractivity contribution < 1.29 is 9.53 Å². The SMILES string of the molecule is CCCCNC(=O)OC12CC3(C)CC(C)(CC(C)(C3)C1)C2. The monoisotopic (exact) mass is 293 g/mol. The van der Waals surface area contributed by atoms with Gasteiger partial charge in [-0.1, -0.05) is 34.1 Å². The number of ether oxygens (including phenoxy) is 1. The van der Waals surface area contributed by atoms with Gasteiger partial charge in [0, 0.05) is 6.54 Å². The summed E-state index contributed by atoms with van der Waals surface area (Å²) in [6.45, 7) is 10.1. The topological polar surface area (TPSA) is 38.3 Å². The van der Waals surface area contributed by atoms with Crippen molar-refractivity contribution in [2.45, 2.75) is 84.7 Å². The molecule has 0 heterocycles. The molecular weight excluding hydrogens is 262 g/mol. The molecule has 120 valence electrons. The van der Waals surface area contributed by atoms with E-state index in [-0.39, 0.29) is 11.7 Å². The molecule has 0 aromatic carbocycles. The number of unbranched alkanes of at least 4 members (excludes halogenated alkanes) is 1. The highest BCUT2D eigenvalue weighted by Crippen LogP contribution is 2.71. The number of carbonyl (C=O) groups is 1. The molecule has 1 amide bonds. The highest BCUT2D eigenvalue weighted by Gasteiger charge is 2.65. The van der Waals surface area contributed by atoms with Crippen molar-refractivity contribution in [2.75, 3.05) is 6.54 Å². The molecule has 4 saturated carbocycles. The number of nitrogens with one attached hydrogen (secondary N) is 1. The zero-order valence-electron chi connectivity index (χ0n) is 14.2. The van der Waals surface area contributed by atoms with Crippen molar-refractivity contribution in [1.29, 1.82) is 0 Å². The van der Waals surface area contributed by atoms with Crippen LogP contribution in [0.15, 0.2) is 0 Å². The molecule has 21 heavy (non-hydrogen) atoms. The number of alkyl carbamates (subject to hydrolysis) is 1. The first-order valence-electron chi connectivity index (χ1n) is 8.67. The Hall–Kier alpha value is -0.730. The Bertz CT molecular complexity index is 391. The molecule has 4 aliphatic carbocycles. The molecule has 4 bridgehead atoms. The molecule has 3 heteroatoms. The second kappa shape index (κ2) is 4.63. The van der Waals surface area contributed by atoms with E-state index in [0.29, 0.717) is 16.2 Å². The van der Waals surface area contributed by atoms with E-state index in [1.165, 1.54) is 19.3 Å². The van der Waals surface area contributed by atoms with Crippen molar-refractivity contribution in [3.63, 3.8) is 0 Å². The molecule has 4 fully saturated rings. The van der Waals surface area contributed by atoms with E-state index in [0.717, 1.165) is 38.6 Å². The van der Waals surface area contributed by atoms with E-state index in [1.807, 2.05) is 0 Å². The van der Waals surface area contributed by atoms with Gasteiger partial charge < -0.3 is 10.1 Å². The van der Waals surface area contributed by atoms with Crippen LogP contribution in [0.25, 0.3) is 0 Å². The highest BCUT2D eigenvalue weighted by atomic mass is 16.6. The Morgan fingerprint density at radius 2 is 1.43 bits per heavy atom. The lowest BCUT2D eigenvalue weighted by Gasteiger charge is -2.68. The smallest absolute Gasteiger partial charge is 0.407 e. The molecule has 0 aromatic heterocycles. The maximum absolute atomic E-state index is 12.2. The minimum absolute atomic E-state index is 0.193. The average molecular weight is 293 g/mol. The minimum Gasteiger partial charge on any atom is -0.443 e. The number of hydrogen-bond donors (Lipinski definition) is 1. The summed E-state index contributed by atoms with van der Waals surface area (Å²) in [6, 6.07) is 0. The van der Waals surface area contributed by atoms with Crippen LogP contribution in [-0.4, -0.2) is 18.2 Å². The second-order valence-electron chi connectivity index (χ2n) is 9.35. The number of carbonyl (C=O) groups excluding carboxylic acids is 1. The standard InChI is InChI=1S/C18H31NO2/c1-5-6-7-19-14(20)21-18-11-15(2)8-16(3,12-18)10-17(4,9-15)13-18/h5-13H2,1-4H3,(H,19,20). The zero-order valence-corrected chi connectivity index (χ0v) is 14.2. The molecule has 4 rings (SSSR count). The molecule has 0 unspecified atom stereocenters. The van der Waals surface area contributed by atoms with Crippen molar-refractivity contribution >= 4 is 6.09 Å². The summed E-state index contributed by atoms with van der Waals surface area (Å²) >= 11 is 0. The number of amides is 1. The van der Waals surface area contributed by atoms with Gasteiger partial charge >= 0.3 is 6.09 Å².